The molecule has 0 aliphatic heterocycles. The molecule has 1 fully saturated rings. The van der Waals surface area contributed by atoms with Crippen LogP contribution in [0.2, 0.25) is 0 Å². The highest BCUT2D eigenvalue weighted by atomic mass is 127. The molecule has 2 aromatic rings. The molecular weight excluding hydrogens is 435 g/mol. The van der Waals surface area contributed by atoms with E-state index in [-0.39, 0.29) is 11.9 Å². The Morgan fingerprint density at radius 2 is 1.54 bits per heavy atom. The summed E-state index contributed by atoms with van der Waals surface area (Å²) >= 11 is 2.31. The molecule has 0 saturated heterocycles. The summed E-state index contributed by atoms with van der Waals surface area (Å²) in [6.07, 6.45) is 8.20. The first-order valence-corrected chi connectivity index (χ1v) is 10.8. The number of benzene rings is 2. The van der Waals surface area contributed by atoms with E-state index in [2.05, 4.69) is 53.8 Å². The van der Waals surface area contributed by atoms with Crippen LogP contribution in [0, 0.1) is 15.4 Å². The van der Waals surface area contributed by atoms with Crippen molar-refractivity contribution in [2.45, 2.75) is 51.9 Å². The summed E-state index contributed by atoms with van der Waals surface area (Å²) in [6.45, 7) is 2.24. The maximum atomic E-state index is 12.5. The van der Waals surface area contributed by atoms with Gasteiger partial charge in [0.05, 0.1) is 5.92 Å². The number of unbranched alkanes of at least 4 members (excludes halogenated alkanes) is 1. The van der Waals surface area contributed by atoms with Crippen LogP contribution in [0.1, 0.15) is 51.9 Å². The summed E-state index contributed by atoms with van der Waals surface area (Å²) in [5.74, 6) is 1.48. The lowest BCUT2D eigenvalue weighted by molar-refractivity contribution is -0.140. The fraction of sp³-hybridized carbons (Fsp3) is 0.435. The maximum Gasteiger partial charge on any atom is 0.314 e. The van der Waals surface area contributed by atoms with Crippen LogP contribution in [0.15, 0.2) is 48.5 Å². The third kappa shape index (κ3) is 5.32. The van der Waals surface area contributed by atoms with Crippen molar-refractivity contribution in [3.8, 4) is 16.9 Å². The third-order valence-electron chi connectivity index (χ3n) is 5.40. The van der Waals surface area contributed by atoms with Gasteiger partial charge in [-0.3, -0.25) is 4.79 Å². The molecule has 0 radical (unpaired) electrons. The van der Waals surface area contributed by atoms with Crippen LogP contribution < -0.4 is 4.74 Å². The van der Waals surface area contributed by atoms with E-state index in [1.165, 1.54) is 41.2 Å². The molecule has 26 heavy (non-hydrogen) atoms. The predicted octanol–water partition coefficient (Wildman–Crippen LogP) is 6.86. The van der Waals surface area contributed by atoms with Crippen LogP contribution in [0.25, 0.3) is 11.1 Å². The average molecular weight is 462 g/mol. The number of hydrogen-bond acceptors (Lipinski definition) is 2. The van der Waals surface area contributed by atoms with E-state index in [9.17, 15) is 4.79 Å². The van der Waals surface area contributed by atoms with Gasteiger partial charge >= 0.3 is 5.97 Å². The highest BCUT2D eigenvalue weighted by Crippen LogP contribution is 2.33. The molecule has 2 aromatic carbocycles. The minimum atomic E-state index is -0.0547. The molecule has 138 valence electrons. The first-order valence-electron chi connectivity index (χ1n) is 9.73. The van der Waals surface area contributed by atoms with E-state index >= 15 is 0 Å². The lowest BCUT2D eigenvalue weighted by atomic mass is 9.80. The molecule has 0 heterocycles. The standard InChI is InChI=1S/C23H27IO2/c1-2-3-4-17-5-7-20(8-6-17)23(25)26-22-15-11-19(12-16-22)18-9-13-21(24)14-10-18/h9-17,20H,2-8H2,1H3. The van der Waals surface area contributed by atoms with E-state index in [0.29, 0.717) is 5.75 Å². The molecular formula is C23H27IO2. The van der Waals surface area contributed by atoms with Crippen molar-refractivity contribution in [2.24, 2.45) is 11.8 Å². The van der Waals surface area contributed by atoms with Crippen LogP contribution in [-0.2, 0) is 4.79 Å². The second-order valence-electron chi connectivity index (χ2n) is 7.31. The molecule has 1 saturated carbocycles. The Morgan fingerprint density at radius 3 is 2.12 bits per heavy atom. The van der Waals surface area contributed by atoms with Crippen LogP contribution >= 0.6 is 22.6 Å². The highest BCUT2D eigenvalue weighted by molar-refractivity contribution is 14.1. The highest BCUT2D eigenvalue weighted by Gasteiger charge is 2.27. The molecule has 0 spiro atoms. The second-order valence-corrected chi connectivity index (χ2v) is 8.56. The van der Waals surface area contributed by atoms with Crippen LogP contribution in [0.5, 0.6) is 5.75 Å². The topological polar surface area (TPSA) is 26.3 Å². The van der Waals surface area contributed by atoms with Gasteiger partial charge in [-0.25, -0.2) is 0 Å². The largest absolute Gasteiger partial charge is 0.426 e. The fourth-order valence-corrected chi connectivity index (χ4v) is 4.10. The van der Waals surface area contributed by atoms with Crippen molar-refractivity contribution in [3.63, 3.8) is 0 Å². The summed E-state index contributed by atoms with van der Waals surface area (Å²) in [7, 11) is 0. The van der Waals surface area contributed by atoms with E-state index < -0.39 is 0 Å². The summed E-state index contributed by atoms with van der Waals surface area (Å²) in [6, 6.07) is 16.3. The maximum absolute atomic E-state index is 12.5. The summed E-state index contributed by atoms with van der Waals surface area (Å²) in [5, 5.41) is 0. The Hall–Kier alpha value is -1.36. The second kappa shape index (κ2) is 9.54. The Bertz CT molecular complexity index is 698. The van der Waals surface area contributed by atoms with Crippen molar-refractivity contribution in [1.82, 2.24) is 0 Å². The number of carbonyl (C=O) groups is 1. The van der Waals surface area contributed by atoms with Crippen LogP contribution in [0.4, 0.5) is 0 Å². The quantitative estimate of drug-likeness (QED) is 0.266. The SMILES string of the molecule is CCCCC1CCC(C(=O)Oc2ccc(-c3ccc(I)cc3)cc2)CC1. The number of hydrogen-bond donors (Lipinski definition) is 0. The number of carbonyl (C=O) groups excluding carboxylic acids is 1. The first-order chi connectivity index (χ1) is 12.7. The van der Waals surface area contributed by atoms with Gasteiger partial charge in [-0.1, -0.05) is 50.5 Å². The molecule has 0 atom stereocenters. The molecule has 2 nitrogen and oxygen atoms in total. The molecule has 0 amide bonds. The monoisotopic (exact) mass is 462 g/mol. The summed E-state index contributed by atoms with van der Waals surface area (Å²) in [5.41, 5.74) is 2.31. The molecule has 0 unspecified atom stereocenters. The third-order valence-corrected chi connectivity index (χ3v) is 6.12. The summed E-state index contributed by atoms with van der Waals surface area (Å²) < 4.78 is 6.86. The molecule has 0 bridgehead atoms. The van der Waals surface area contributed by atoms with Gasteiger partial charge in [0, 0.05) is 3.57 Å². The molecule has 1 aliphatic rings. The van der Waals surface area contributed by atoms with E-state index in [0.717, 1.165) is 24.3 Å². The van der Waals surface area contributed by atoms with Gasteiger partial charge in [-0.05, 0) is 89.6 Å². The van der Waals surface area contributed by atoms with E-state index in [1.54, 1.807) is 0 Å². The Morgan fingerprint density at radius 1 is 0.962 bits per heavy atom. The Balaban J connectivity index is 1.53. The van der Waals surface area contributed by atoms with Crippen molar-refractivity contribution < 1.29 is 9.53 Å². The van der Waals surface area contributed by atoms with Gasteiger partial charge in [0.25, 0.3) is 0 Å². The van der Waals surface area contributed by atoms with Gasteiger partial charge in [0.1, 0.15) is 5.75 Å². The van der Waals surface area contributed by atoms with Crippen molar-refractivity contribution in [2.75, 3.05) is 0 Å². The van der Waals surface area contributed by atoms with Crippen molar-refractivity contribution in [3.05, 3.63) is 52.1 Å². The minimum absolute atomic E-state index is 0.0547. The number of rotatable bonds is 6. The van der Waals surface area contributed by atoms with Crippen molar-refractivity contribution >= 4 is 28.6 Å². The van der Waals surface area contributed by atoms with E-state index in [4.69, 9.17) is 4.74 Å². The fourth-order valence-electron chi connectivity index (χ4n) is 3.74. The molecule has 0 aromatic heterocycles. The Kier molecular flexibility index (Phi) is 7.12. The lowest BCUT2D eigenvalue weighted by Gasteiger charge is -2.27. The molecule has 3 heteroatoms. The van der Waals surface area contributed by atoms with Gasteiger partial charge in [0.2, 0.25) is 0 Å². The molecule has 3 rings (SSSR count). The van der Waals surface area contributed by atoms with Gasteiger partial charge < -0.3 is 4.74 Å². The van der Waals surface area contributed by atoms with Gasteiger partial charge in [-0.2, -0.15) is 0 Å². The molecule has 0 N–H and O–H groups in total. The smallest absolute Gasteiger partial charge is 0.314 e. The zero-order valence-corrected chi connectivity index (χ0v) is 17.6. The van der Waals surface area contributed by atoms with Crippen molar-refractivity contribution in [1.29, 1.82) is 0 Å². The first kappa shape index (κ1) is 19.4. The normalized spacial score (nSPS) is 19.9. The number of halogens is 1. The predicted molar refractivity (Wildman–Crippen MR) is 115 cm³/mol. The van der Waals surface area contributed by atoms with E-state index in [1.807, 2.05) is 24.3 Å². The van der Waals surface area contributed by atoms with Gasteiger partial charge in [0.15, 0.2) is 0 Å². The minimum Gasteiger partial charge on any atom is -0.426 e. The van der Waals surface area contributed by atoms with Crippen LogP contribution in [0.3, 0.4) is 0 Å². The Labute approximate surface area is 170 Å². The average Bonchev–Trinajstić information content (AvgIpc) is 2.68. The van der Waals surface area contributed by atoms with Gasteiger partial charge in [-0.15, -0.1) is 0 Å². The lowest BCUT2D eigenvalue weighted by Crippen LogP contribution is -2.25. The zero-order chi connectivity index (χ0) is 18.4. The zero-order valence-electron chi connectivity index (χ0n) is 15.4. The van der Waals surface area contributed by atoms with Crippen LogP contribution in [-0.4, -0.2) is 5.97 Å². The summed E-state index contributed by atoms with van der Waals surface area (Å²) in [4.78, 5) is 12.5. The number of esters is 1. The number of ether oxygens (including phenoxy) is 1. The molecule has 1 aliphatic carbocycles.